The van der Waals surface area contributed by atoms with Gasteiger partial charge in [0.15, 0.2) is 0 Å². The second-order valence-corrected chi connectivity index (χ2v) is 6.01. The molecular weight excluding hydrogens is 250 g/mol. The molecule has 1 fully saturated rings. The van der Waals surface area contributed by atoms with Gasteiger partial charge in [-0.1, -0.05) is 42.7 Å². The van der Waals surface area contributed by atoms with E-state index in [0.717, 1.165) is 31.2 Å². The van der Waals surface area contributed by atoms with Crippen LogP contribution in [0.5, 0.6) is 0 Å². The van der Waals surface area contributed by atoms with Crippen molar-refractivity contribution < 1.29 is 9.90 Å². The van der Waals surface area contributed by atoms with Gasteiger partial charge in [0.05, 0.1) is 12.0 Å². The Labute approximate surface area is 121 Å². The van der Waals surface area contributed by atoms with E-state index in [4.69, 9.17) is 0 Å². The van der Waals surface area contributed by atoms with Crippen LogP contribution in [0.4, 0.5) is 0 Å². The summed E-state index contributed by atoms with van der Waals surface area (Å²) < 4.78 is 0. The number of rotatable bonds is 5. The third-order valence-corrected chi connectivity index (χ3v) is 4.20. The van der Waals surface area contributed by atoms with Crippen LogP contribution in [0.1, 0.15) is 50.2 Å². The minimum absolute atomic E-state index is 0.0680. The standard InChI is InChI=1S/C17H25NO2/c1-3-18(13-15-8-6-7-14(2)11-15)16(19)12-17(20)9-4-5-10-17/h6-8,11,20H,3-5,9-10,12-13H2,1-2H3. The summed E-state index contributed by atoms with van der Waals surface area (Å²) in [5.41, 5.74) is 1.61. The Balaban J connectivity index is 1.98. The third-order valence-electron chi connectivity index (χ3n) is 4.20. The first kappa shape index (κ1) is 15.0. The highest BCUT2D eigenvalue weighted by atomic mass is 16.3. The maximum atomic E-state index is 12.4. The molecule has 2 rings (SSSR count). The second-order valence-electron chi connectivity index (χ2n) is 6.01. The zero-order valence-electron chi connectivity index (χ0n) is 12.6. The molecular formula is C17H25NO2. The van der Waals surface area contributed by atoms with Gasteiger partial charge in [-0.3, -0.25) is 4.79 Å². The van der Waals surface area contributed by atoms with Crippen molar-refractivity contribution in [2.24, 2.45) is 0 Å². The average molecular weight is 275 g/mol. The number of carbonyl (C=O) groups is 1. The van der Waals surface area contributed by atoms with Crippen LogP contribution in [-0.4, -0.2) is 28.1 Å². The van der Waals surface area contributed by atoms with Crippen molar-refractivity contribution in [3.63, 3.8) is 0 Å². The van der Waals surface area contributed by atoms with Crippen LogP contribution in [0.2, 0.25) is 0 Å². The zero-order chi connectivity index (χ0) is 14.6. The molecule has 0 bridgehead atoms. The van der Waals surface area contributed by atoms with Crippen LogP contribution < -0.4 is 0 Å². The van der Waals surface area contributed by atoms with Gasteiger partial charge in [-0.2, -0.15) is 0 Å². The molecule has 3 nitrogen and oxygen atoms in total. The first-order valence-electron chi connectivity index (χ1n) is 7.58. The van der Waals surface area contributed by atoms with Crippen LogP contribution in [0.3, 0.4) is 0 Å². The molecule has 0 heterocycles. The van der Waals surface area contributed by atoms with Crippen molar-refractivity contribution in [2.75, 3.05) is 6.54 Å². The Bertz CT molecular complexity index is 464. The van der Waals surface area contributed by atoms with Gasteiger partial charge in [0.1, 0.15) is 0 Å². The molecule has 1 aliphatic carbocycles. The number of aryl methyl sites for hydroxylation is 1. The minimum atomic E-state index is -0.753. The number of amides is 1. The van der Waals surface area contributed by atoms with E-state index in [-0.39, 0.29) is 12.3 Å². The number of carbonyl (C=O) groups excluding carboxylic acids is 1. The van der Waals surface area contributed by atoms with E-state index < -0.39 is 5.60 Å². The zero-order valence-corrected chi connectivity index (χ0v) is 12.6. The quantitative estimate of drug-likeness (QED) is 0.897. The Morgan fingerprint density at radius 2 is 2.05 bits per heavy atom. The van der Waals surface area contributed by atoms with Crippen molar-refractivity contribution in [1.82, 2.24) is 4.90 Å². The molecule has 1 aliphatic rings. The monoisotopic (exact) mass is 275 g/mol. The van der Waals surface area contributed by atoms with Crippen LogP contribution >= 0.6 is 0 Å². The van der Waals surface area contributed by atoms with Gasteiger partial charge in [0.2, 0.25) is 5.91 Å². The first-order chi connectivity index (χ1) is 9.52. The summed E-state index contributed by atoms with van der Waals surface area (Å²) in [5, 5.41) is 10.4. The fraction of sp³-hybridized carbons (Fsp3) is 0.588. The highest BCUT2D eigenvalue weighted by molar-refractivity contribution is 5.77. The highest BCUT2D eigenvalue weighted by Crippen LogP contribution is 2.32. The molecule has 0 radical (unpaired) electrons. The predicted molar refractivity (Wildman–Crippen MR) is 80.3 cm³/mol. The molecule has 0 unspecified atom stereocenters. The van der Waals surface area contributed by atoms with Gasteiger partial charge in [0, 0.05) is 13.1 Å². The Morgan fingerprint density at radius 1 is 1.35 bits per heavy atom. The van der Waals surface area contributed by atoms with Crippen molar-refractivity contribution in [1.29, 1.82) is 0 Å². The maximum Gasteiger partial charge on any atom is 0.225 e. The SMILES string of the molecule is CCN(Cc1cccc(C)c1)C(=O)CC1(O)CCCC1. The van der Waals surface area contributed by atoms with Gasteiger partial charge >= 0.3 is 0 Å². The van der Waals surface area contributed by atoms with E-state index in [1.807, 2.05) is 24.0 Å². The van der Waals surface area contributed by atoms with E-state index in [9.17, 15) is 9.90 Å². The van der Waals surface area contributed by atoms with Crippen molar-refractivity contribution in [3.05, 3.63) is 35.4 Å². The number of hydrogen-bond donors (Lipinski definition) is 1. The summed E-state index contributed by atoms with van der Waals surface area (Å²) in [4.78, 5) is 14.2. The van der Waals surface area contributed by atoms with Gasteiger partial charge in [-0.05, 0) is 32.3 Å². The van der Waals surface area contributed by atoms with Gasteiger partial charge < -0.3 is 10.0 Å². The van der Waals surface area contributed by atoms with Gasteiger partial charge in [0.25, 0.3) is 0 Å². The normalized spacial score (nSPS) is 17.1. The lowest BCUT2D eigenvalue weighted by Gasteiger charge is -2.27. The van der Waals surface area contributed by atoms with Gasteiger partial charge in [-0.15, -0.1) is 0 Å². The number of aliphatic hydroxyl groups is 1. The topological polar surface area (TPSA) is 40.5 Å². The van der Waals surface area contributed by atoms with E-state index >= 15 is 0 Å². The lowest BCUT2D eigenvalue weighted by atomic mass is 9.97. The van der Waals surface area contributed by atoms with E-state index in [1.165, 1.54) is 5.56 Å². The summed E-state index contributed by atoms with van der Waals surface area (Å²) in [6, 6.07) is 8.24. The van der Waals surface area contributed by atoms with Crippen molar-refractivity contribution in [3.8, 4) is 0 Å². The first-order valence-corrected chi connectivity index (χ1v) is 7.58. The molecule has 1 N–H and O–H groups in total. The summed E-state index contributed by atoms with van der Waals surface area (Å²) in [6.07, 6.45) is 3.87. The molecule has 1 aromatic rings. The third kappa shape index (κ3) is 3.83. The van der Waals surface area contributed by atoms with Crippen molar-refractivity contribution in [2.45, 2.75) is 58.1 Å². The van der Waals surface area contributed by atoms with Crippen LogP contribution in [-0.2, 0) is 11.3 Å². The summed E-state index contributed by atoms with van der Waals surface area (Å²) in [7, 11) is 0. The smallest absolute Gasteiger partial charge is 0.225 e. The van der Waals surface area contributed by atoms with E-state index in [1.54, 1.807) is 0 Å². The van der Waals surface area contributed by atoms with Crippen LogP contribution in [0.25, 0.3) is 0 Å². The lowest BCUT2D eigenvalue weighted by Crippen LogP contribution is -2.37. The van der Waals surface area contributed by atoms with E-state index in [0.29, 0.717) is 13.1 Å². The highest BCUT2D eigenvalue weighted by Gasteiger charge is 2.34. The molecule has 3 heteroatoms. The number of nitrogens with zero attached hydrogens (tertiary/aromatic N) is 1. The van der Waals surface area contributed by atoms with Gasteiger partial charge in [-0.25, -0.2) is 0 Å². The maximum absolute atomic E-state index is 12.4. The Hall–Kier alpha value is -1.35. The fourth-order valence-electron chi connectivity index (χ4n) is 3.01. The largest absolute Gasteiger partial charge is 0.389 e. The minimum Gasteiger partial charge on any atom is -0.389 e. The van der Waals surface area contributed by atoms with Crippen LogP contribution in [0, 0.1) is 6.92 Å². The molecule has 0 saturated heterocycles. The van der Waals surface area contributed by atoms with E-state index in [2.05, 4.69) is 19.1 Å². The number of hydrogen-bond acceptors (Lipinski definition) is 2. The second kappa shape index (κ2) is 6.40. The molecule has 0 aliphatic heterocycles. The molecule has 1 aromatic carbocycles. The Kier molecular flexibility index (Phi) is 4.81. The Morgan fingerprint density at radius 3 is 2.65 bits per heavy atom. The molecule has 0 aromatic heterocycles. The molecule has 110 valence electrons. The molecule has 1 saturated carbocycles. The summed E-state index contributed by atoms with van der Waals surface area (Å²) >= 11 is 0. The van der Waals surface area contributed by atoms with Crippen molar-refractivity contribution >= 4 is 5.91 Å². The van der Waals surface area contributed by atoms with Crippen LogP contribution in [0.15, 0.2) is 24.3 Å². The molecule has 0 atom stereocenters. The average Bonchev–Trinajstić information content (AvgIpc) is 2.82. The lowest BCUT2D eigenvalue weighted by molar-refractivity contribution is -0.136. The summed E-state index contributed by atoms with van der Waals surface area (Å²) in [5.74, 6) is 0.0680. The molecule has 0 spiro atoms. The predicted octanol–water partition coefficient (Wildman–Crippen LogP) is 3.04. The number of benzene rings is 1. The fourth-order valence-corrected chi connectivity index (χ4v) is 3.01. The molecule has 1 amide bonds. The molecule has 20 heavy (non-hydrogen) atoms. The summed E-state index contributed by atoms with van der Waals surface area (Å²) in [6.45, 7) is 5.37.